The number of nitrogens with one attached hydrogen (secondary N) is 1. The molecule has 2 atom stereocenters. The fourth-order valence-electron chi connectivity index (χ4n) is 5.38. The Morgan fingerprint density at radius 2 is 1.87 bits per heavy atom. The predicted octanol–water partition coefficient (Wildman–Crippen LogP) is 3.80. The lowest BCUT2D eigenvalue weighted by Gasteiger charge is -2.29. The lowest BCUT2D eigenvalue weighted by atomic mass is 10.00. The Morgan fingerprint density at radius 3 is 2.56 bits per heavy atom. The largest absolute Gasteiger partial charge is 0.391 e. The van der Waals surface area contributed by atoms with E-state index in [2.05, 4.69) is 10.2 Å². The number of β-amino-alcohol motifs (C(OH)–C–C–N with tert-alkyl or cyclic N) is 1. The summed E-state index contributed by atoms with van der Waals surface area (Å²) in [7, 11) is 0. The zero-order valence-electron chi connectivity index (χ0n) is 21.7. The maximum atomic E-state index is 12.9. The molecule has 1 aromatic heterocycles. The van der Waals surface area contributed by atoms with Crippen molar-refractivity contribution < 1.29 is 32.6 Å². The number of halogens is 3. The van der Waals surface area contributed by atoms with Gasteiger partial charge in [0.25, 0.3) is 0 Å². The molecule has 1 aromatic carbocycles. The summed E-state index contributed by atoms with van der Waals surface area (Å²) in [6.45, 7) is 4.85. The quantitative estimate of drug-likeness (QED) is 0.591. The second-order valence-electron chi connectivity index (χ2n) is 10.4. The van der Waals surface area contributed by atoms with E-state index in [9.17, 15) is 27.9 Å². The zero-order valence-corrected chi connectivity index (χ0v) is 21.7. The van der Waals surface area contributed by atoms with Gasteiger partial charge in [0, 0.05) is 38.3 Å². The number of likely N-dealkylation sites (tertiary alicyclic amines) is 1. The number of nitrogens with zero attached hydrogens (tertiary/aromatic N) is 4. The van der Waals surface area contributed by atoms with Gasteiger partial charge < -0.3 is 25.0 Å². The lowest BCUT2D eigenvalue weighted by Crippen LogP contribution is -2.37. The minimum atomic E-state index is -4.25. The van der Waals surface area contributed by atoms with Crippen LogP contribution in [0.5, 0.6) is 0 Å². The van der Waals surface area contributed by atoms with Crippen molar-refractivity contribution in [3.8, 4) is 11.1 Å². The van der Waals surface area contributed by atoms with Gasteiger partial charge in [0.2, 0.25) is 5.91 Å². The van der Waals surface area contributed by atoms with Crippen LogP contribution in [0.25, 0.3) is 11.1 Å². The molecule has 3 aliphatic rings. The van der Waals surface area contributed by atoms with Crippen molar-refractivity contribution >= 4 is 29.3 Å². The summed E-state index contributed by atoms with van der Waals surface area (Å²) >= 11 is 0. The van der Waals surface area contributed by atoms with Gasteiger partial charge in [-0.1, -0.05) is 6.07 Å². The van der Waals surface area contributed by atoms with E-state index in [1.54, 1.807) is 12.1 Å². The van der Waals surface area contributed by atoms with Crippen LogP contribution in [0.2, 0.25) is 0 Å². The maximum absolute atomic E-state index is 12.9. The molecule has 0 bridgehead atoms. The smallest absolute Gasteiger partial charge is 0.389 e. The molecule has 12 heteroatoms. The standard InChI is InChI=1S/C27H32F3N5O4/c1-17-2-3-20(31-26(38)34-5-4-18(15-34)14-27(28,29)30)12-22(17)19-10-23(33-6-8-39-9-7-33)32-24(11-19)35-16-21(36)13-25(35)37/h2-3,10-12,18,21,36H,4-9,13-16H2,1H3,(H,31,38)/t18?,21-/m1/s1. The van der Waals surface area contributed by atoms with E-state index >= 15 is 0 Å². The van der Waals surface area contributed by atoms with Gasteiger partial charge >= 0.3 is 12.2 Å². The second kappa shape index (κ2) is 11.0. The number of hydrogen-bond acceptors (Lipinski definition) is 6. The summed E-state index contributed by atoms with van der Waals surface area (Å²) in [4.78, 5) is 35.2. The number of carbonyl (C=O) groups is 2. The molecule has 3 aliphatic heterocycles. The summed E-state index contributed by atoms with van der Waals surface area (Å²) in [6.07, 6.45) is -5.53. The second-order valence-corrected chi connectivity index (χ2v) is 10.4. The number of aryl methyl sites for hydroxylation is 1. The van der Waals surface area contributed by atoms with E-state index < -0.39 is 30.7 Å². The number of aromatic nitrogens is 1. The number of alkyl halides is 3. The highest BCUT2D eigenvalue weighted by Crippen LogP contribution is 2.34. The normalized spacial score (nSPS) is 22.1. The van der Waals surface area contributed by atoms with E-state index in [4.69, 9.17) is 9.72 Å². The molecular formula is C27H32F3N5O4. The minimum Gasteiger partial charge on any atom is -0.391 e. The van der Waals surface area contributed by atoms with Gasteiger partial charge in [-0.15, -0.1) is 0 Å². The third-order valence-electron chi connectivity index (χ3n) is 7.41. The average molecular weight is 548 g/mol. The topological polar surface area (TPSA) is 98.2 Å². The third kappa shape index (κ3) is 6.44. The van der Waals surface area contributed by atoms with E-state index in [1.165, 1.54) is 9.80 Å². The number of morpholine rings is 1. The molecule has 0 spiro atoms. The maximum Gasteiger partial charge on any atom is 0.389 e. The van der Waals surface area contributed by atoms with E-state index in [-0.39, 0.29) is 32.0 Å². The molecule has 0 saturated carbocycles. The fraction of sp³-hybridized carbons (Fsp3) is 0.519. The van der Waals surface area contributed by atoms with Gasteiger partial charge in [-0.25, -0.2) is 9.78 Å². The van der Waals surface area contributed by atoms with Crippen LogP contribution in [0.15, 0.2) is 30.3 Å². The molecule has 1 unspecified atom stereocenters. The van der Waals surface area contributed by atoms with Crippen molar-refractivity contribution in [3.05, 3.63) is 35.9 Å². The molecule has 39 heavy (non-hydrogen) atoms. The SMILES string of the molecule is Cc1ccc(NC(=O)N2CCC(CC(F)(F)F)C2)cc1-c1cc(N2CCOCC2)nc(N2C[C@H](O)CC2=O)c1. The van der Waals surface area contributed by atoms with E-state index in [1.807, 2.05) is 25.1 Å². The Balaban J connectivity index is 1.40. The van der Waals surface area contributed by atoms with Gasteiger partial charge in [-0.2, -0.15) is 13.2 Å². The van der Waals surface area contributed by atoms with Crippen molar-refractivity contribution in [2.45, 2.75) is 38.5 Å². The van der Waals surface area contributed by atoms with Crippen LogP contribution in [0.1, 0.15) is 24.8 Å². The number of ether oxygens (including phenoxy) is 1. The number of aliphatic hydroxyl groups excluding tert-OH is 1. The molecule has 0 radical (unpaired) electrons. The molecule has 2 N–H and O–H groups in total. The minimum absolute atomic E-state index is 0.0413. The van der Waals surface area contributed by atoms with Crippen LogP contribution < -0.4 is 15.1 Å². The van der Waals surface area contributed by atoms with Crippen molar-refractivity contribution in [3.63, 3.8) is 0 Å². The summed E-state index contributed by atoms with van der Waals surface area (Å²) < 4.78 is 43.8. The first-order chi connectivity index (χ1) is 18.6. The number of carbonyl (C=O) groups excluding carboxylic acids is 2. The number of urea groups is 1. The summed E-state index contributed by atoms with van der Waals surface area (Å²) in [5.41, 5.74) is 3.04. The Kier molecular flexibility index (Phi) is 7.68. The van der Waals surface area contributed by atoms with Crippen molar-refractivity contribution in [2.24, 2.45) is 5.92 Å². The average Bonchev–Trinajstić information content (AvgIpc) is 3.49. The van der Waals surface area contributed by atoms with Gasteiger partial charge in [0.05, 0.1) is 32.3 Å². The van der Waals surface area contributed by atoms with Crippen molar-refractivity contribution in [1.82, 2.24) is 9.88 Å². The number of amides is 3. The molecule has 2 aromatic rings. The molecule has 3 amide bonds. The number of pyridine rings is 1. The van der Waals surface area contributed by atoms with Crippen LogP contribution in [-0.4, -0.2) is 85.1 Å². The Bertz CT molecular complexity index is 1230. The summed E-state index contributed by atoms with van der Waals surface area (Å²) in [6, 6.07) is 8.74. The molecule has 9 nitrogen and oxygen atoms in total. The van der Waals surface area contributed by atoms with E-state index in [0.717, 1.165) is 16.7 Å². The zero-order chi connectivity index (χ0) is 27.7. The van der Waals surface area contributed by atoms with Crippen LogP contribution >= 0.6 is 0 Å². The lowest BCUT2D eigenvalue weighted by molar-refractivity contribution is -0.143. The fourth-order valence-corrected chi connectivity index (χ4v) is 5.38. The summed E-state index contributed by atoms with van der Waals surface area (Å²) in [5, 5.41) is 12.9. The first-order valence-corrected chi connectivity index (χ1v) is 13.1. The first-order valence-electron chi connectivity index (χ1n) is 13.1. The van der Waals surface area contributed by atoms with E-state index in [0.29, 0.717) is 50.0 Å². The molecule has 3 fully saturated rings. The first kappa shape index (κ1) is 27.2. The van der Waals surface area contributed by atoms with Gasteiger partial charge in [0.15, 0.2) is 0 Å². The molecule has 4 heterocycles. The number of rotatable bonds is 5. The van der Waals surface area contributed by atoms with Crippen LogP contribution in [0, 0.1) is 12.8 Å². The van der Waals surface area contributed by atoms with Crippen LogP contribution in [-0.2, 0) is 9.53 Å². The Morgan fingerprint density at radius 1 is 1.13 bits per heavy atom. The molecular weight excluding hydrogens is 515 g/mol. The number of benzene rings is 1. The highest BCUT2D eigenvalue weighted by molar-refractivity contribution is 5.96. The monoisotopic (exact) mass is 547 g/mol. The van der Waals surface area contributed by atoms with Crippen LogP contribution in [0.4, 0.5) is 35.3 Å². The van der Waals surface area contributed by atoms with Crippen molar-refractivity contribution in [1.29, 1.82) is 0 Å². The summed E-state index contributed by atoms with van der Waals surface area (Å²) in [5.74, 6) is 0.330. The Labute approximate surface area is 224 Å². The molecule has 210 valence electrons. The van der Waals surface area contributed by atoms with Gasteiger partial charge in [-0.3, -0.25) is 9.69 Å². The Hall–Kier alpha value is -3.38. The molecule has 5 rings (SSSR count). The van der Waals surface area contributed by atoms with Gasteiger partial charge in [-0.05, 0) is 60.2 Å². The molecule has 3 saturated heterocycles. The highest BCUT2D eigenvalue weighted by Gasteiger charge is 2.36. The van der Waals surface area contributed by atoms with Crippen molar-refractivity contribution in [2.75, 3.05) is 61.1 Å². The molecule has 0 aliphatic carbocycles. The predicted molar refractivity (Wildman–Crippen MR) is 140 cm³/mol. The number of anilines is 3. The van der Waals surface area contributed by atoms with Crippen LogP contribution in [0.3, 0.4) is 0 Å². The highest BCUT2D eigenvalue weighted by atomic mass is 19.4. The van der Waals surface area contributed by atoms with Gasteiger partial charge in [0.1, 0.15) is 11.6 Å². The third-order valence-corrected chi connectivity index (χ3v) is 7.41. The number of aliphatic hydroxyl groups is 1. The number of hydrogen-bond donors (Lipinski definition) is 2.